The minimum atomic E-state index is 0. The number of hydrogen-bond donors (Lipinski definition) is 2. The zero-order valence-electron chi connectivity index (χ0n) is 13.6. The van der Waals surface area contributed by atoms with Crippen LogP contribution in [0.2, 0.25) is 0 Å². The first-order valence-electron chi connectivity index (χ1n) is 7.53. The molecule has 0 amide bonds. The molecule has 0 aromatic carbocycles. The van der Waals surface area contributed by atoms with Gasteiger partial charge in [-0.1, -0.05) is 13.3 Å². The fourth-order valence-corrected chi connectivity index (χ4v) is 1.60. The molecule has 0 saturated heterocycles. The quantitative estimate of drug-likeness (QED) is 0.241. The molecule has 0 spiro atoms. The summed E-state index contributed by atoms with van der Waals surface area (Å²) in [6.07, 6.45) is 2.50. The summed E-state index contributed by atoms with van der Waals surface area (Å²) >= 11 is 0. The molecule has 6 heteroatoms. The summed E-state index contributed by atoms with van der Waals surface area (Å²) in [4.78, 5) is 6.89. The van der Waals surface area contributed by atoms with Crippen molar-refractivity contribution in [2.24, 2.45) is 4.99 Å². The van der Waals surface area contributed by atoms with Crippen LogP contribution in [0.15, 0.2) is 4.99 Å². The number of nitrogens with one attached hydrogen (secondary N) is 2. The van der Waals surface area contributed by atoms with Gasteiger partial charge in [-0.25, -0.2) is 0 Å². The Bertz CT molecular complexity index is 227. The first-order chi connectivity index (χ1) is 9.24. The standard InChI is InChI=1S/C14H32N4O.HI/c1-5-8-11-18(4)12-9-16-14(15-6-2)17-10-13-19-7-3;/h5-13H2,1-4H3,(H2,15,16,17);1H. The van der Waals surface area contributed by atoms with E-state index < -0.39 is 0 Å². The van der Waals surface area contributed by atoms with Gasteiger partial charge < -0.3 is 20.3 Å². The van der Waals surface area contributed by atoms with Crippen LogP contribution in [0.25, 0.3) is 0 Å². The molecule has 0 fully saturated rings. The van der Waals surface area contributed by atoms with Crippen molar-refractivity contribution in [3.8, 4) is 0 Å². The van der Waals surface area contributed by atoms with E-state index in [2.05, 4.69) is 41.4 Å². The molecule has 122 valence electrons. The van der Waals surface area contributed by atoms with E-state index in [1.807, 2.05) is 6.92 Å². The normalized spacial score (nSPS) is 11.3. The van der Waals surface area contributed by atoms with Gasteiger partial charge in [-0.15, -0.1) is 24.0 Å². The van der Waals surface area contributed by atoms with E-state index in [1.54, 1.807) is 0 Å². The van der Waals surface area contributed by atoms with Crippen molar-refractivity contribution in [1.82, 2.24) is 15.5 Å². The Balaban J connectivity index is 0. The number of likely N-dealkylation sites (N-methyl/N-ethyl adjacent to an activating group) is 1. The van der Waals surface area contributed by atoms with Crippen molar-refractivity contribution >= 4 is 29.9 Å². The van der Waals surface area contributed by atoms with E-state index in [0.717, 1.165) is 51.9 Å². The summed E-state index contributed by atoms with van der Waals surface area (Å²) in [6, 6.07) is 0. The predicted molar refractivity (Wildman–Crippen MR) is 98.3 cm³/mol. The predicted octanol–water partition coefficient (Wildman–Crippen LogP) is 1.93. The molecular formula is C14H33IN4O. The molecule has 20 heavy (non-hydrogen) atoms. The lowest BCUT2D eigenvalue weighted by Crippen LogP contribution is -2.39. The summed E-state index contributed by atoms with van der Waals surface area (Å²) in [5.41, 5.74) is 0. The highest BCUT2D eigenvalue weighted by atomic mass is 127. The van der Waals surface area contributed by atoms with Gasteiger partial charge in [-0.2, -0.15) is 0 Å². The molecule has 2 N–H and O–H groups in total. The lowest BCUT2D eigenvalue weighted by atomic mass is 10.3. The van der Waals surface area contributed by atoms with E-state index in [1.165, 1.54) is 12.8 Å². The van der Waals surface area contributed by atoms with Gasteiger partial charge >= 0.3 is 0 Å². The van der Waals surface area contributed by atoms with E-state index in [0.29, 0.717) is 0 Å². The molecule has 0 saturated carbocycles. The zero-order valence-corrected chi connectivity index (χ0v) is 15.9. The van der Waals surface area contributed by atoms with E-state index in [-0.39, 0.29) is 24.0 Å². The van der Waals surface area contributed by atoms with Crippen molar-refractivity contribution in [2.45, 2.75) is 33.6 Å². The average Bonchev–Trinajstić information content (AvgIpc) is 2.41. The molecule has 0 bridgehead atoms. The summed E-state index contributed by atoms with van der Waals surface area (Å²) < 4.78 is 5.30. The smallest absolute Gasteiger partial charge is 0.191 e. The number of nitrogens with zero attached hydrogens (tertiary/aromatic N) is 2. The number of guanidine groups is 1. The molecule has 5 nitrogen and oxygen atoms in total. The third-order valence-corrected chi connectivity index (χ3v) is 2.73. The number of hydrogen-bond acceptors (Lipinski definition) is 3. The molecule has 0 aromatic heterocycles. The molecule has 0 rings (SSSR count). The molecule has 0 aliphatic heterocycles. The maximum Gasteiger partial charge on any atom is 0.191 e. The van der Waals surface area contributed by atoms with Crippen LogP contribution < -0.4 is 10.6 Å². The van der Waals surface area contributed by atoms with Crippen LogP contribution in [0.1, 0.15) is 33.6 Å². The van der Waals surface area contributed by atoms with Crippen LogP contribution in [0.4, 0.5) is 0 Å². The van der Waals surface area contributed by atoms with Gasteiger partial charge in [0.15, 0.2) is 5.96 Å². The summed E-state index contributed by atoms with van der Waals surface area (Å²) in [6.45, 7) is 12.4. The Kier molecular flexibility index (Phi) is 18.8. The molecule has 0 heterocycles. The van der Waals surface area contributed by atoms with Crippen LogP contribution in [-0.2, 0) is 4.74 Å². The van der Waals surface area contributed by atoms with E-state index in [9.17, 15) is 0 Å². The second-order valence-electron chi connectivity index (χ2n) is 4.54. The number of halogens is 1. The van der Waals surface area contributed by atoms with Crippen LogP contribution in [0.5, 0.6) is 0 Å². The average molecular weight is 400 g/mol. The summed E-state index contributed by atoms with van der Waals surface area (Å²) in [5, 5.41) is 6.51. The van der Waals surface area contributed by atoms with Crippen LogP contribution in [-0.4, -0.2) is 63.8 Å². The lowest BCUT2D eigenvalue weighted by molar-refractivity contribution is 0.152. The summed E-state index contributed by atoms with van der Waals surface area (Å²) in [5.74, 6) is 0.881. The van der Waals surface area contributed by atoms with Crippen molar-refractivity contribution in [2.75, 3.05) is 53.0 Å². The van der Waals surface area contributed by atoms with Crippen molar-refractivity contribution in [3.05, 3.63) is 0 Å². The molecule has 0 atom stereocenters. The van der Waals surface area contributed by atoms with Gasteiger partial charge in [0.1, 0.15) is 0 Å². The summed E-state index contributed by atoms with van der Waals surface area (Å²) in [7, 11) is 2.15. The Morgan fingerprint density at radius 1 is 1.15 bits per heavy atom. The molecule has 0 aliphatic rings. The van der Waals surface area contributed by atoms with Crippen molar-refractivity contribution in [3.63, 3.8) is 0 Å². The first-order valence-corrected chi connectivity index (χ1v) is 7.53. The van der Waals surface area contributed by atoms with Crippen LogP contribution >= 0.6 is 24.0 Å². The minimum absolute atomic E-state index is 0. The SMILES string of the molecule is CCCCN(C)CCN=C(NCC)NCCOCC.I. The van der Waals surface area contributed by atoms with E-state index in [4.69, 9.17) is 4.74 Å². The Hall–Kier alpha value is -0.0800. The molecule has 0 unspecified atom stereocenters. The zero-order chi connectivity index (χ0) is 14.3. The fraction of sp³-hybridized carbons (Fsp3) is 0.929. The highest BCUT2D eigenvalue weighted by Crippen LogP contribution is 1.91. The maximum absolute atomic E-state index is 5.30. The maximum atomic E-state index is 5.30. The monoisotopic (exact) mass is 400 g/mol. The second-order valence-corrected chi connectivity index (χ2v) is 4.54. The minimum Gasteiger partial charge on any atom is -0.380 e. The van der Waals surface area contributed by atoms with Crippen molar-refractivity contribution in [1.29, 1.82) is 0 Å². The van der Waals surface area contributed by atoms with Gasteiger partial charge in [-0.05, 0) is 33.9 Å². The molecular weight excluding hydrogens is 367 g/mol. The number of rotatable bonds is 11. The molecule has 0 aliphatic carbocycles. The highest BCUT2D eigenvalue weighted by Gasteiger charge is 1.98. The Morgan fingerprint density at radius 2 is 1.90 bits per heavy atom. The van der Waals surface area contributed by atoms with Gasteiger partial charge in [0.25, 0.3) is 0 Å². The van der Waals surface area contributed by atoms with Gasteiger partial charge in [0.2, 0.25) is 0 Å². The van der Waals surface area contributed by atoms with Crippen LogP contribution in [0, 0.1) is 0 Å². The van der Waals surface area contributed by atoms with Crippen molar-refractivity contribution < 1.29 is 4.74 Å². The van der Waals surface area contributed by atoms with Crippen LogP contribution in [0.3, 0.4) is 0 Å². The number of ether oxygens (including phenoxy) is 1. The fourth-order valence-electron chi connectivity index (χ4n) is 1.60. The lowest BCUT2D eigenvalue weighted by Gasteiger charge is -2.15. The molecule has 0 aromatic rings. The first kappa shape index (κ1) is 22.2. The Labute approximate surface area is 141 Å². The van der Waals surface area contributed by atoms with E-state index >= 15 is 0 Å². The second kappa shape index (κ2) is 17.0. The number of unbranched alkanes of at least 4 members (excludes halogenated alkanes) is 1. The number of aliphatic imine (C=N–C) groups is 1. The third kappa shape index (κ3) is 14.3. The topological polar surface area (TPSA) is 48.9 Å². The third-order valence-electron chi connectivity index (χ3n) is 2.73. The Morgan fingerprint density at radius 3 is 2.50 bits per heavy atom. The largest absolute Gasteiger partial charge is 0.380 e. The van der Waals surface area contributed by atoms with Gasteiger partial charge in [-0.3, -0.25) is 4.99 Å². The molecule has 0 radical (unpaired) electrons. The van der Waals surface area contributed by atoms with Gasteiger partial charge in [0.05, 0.1) is 13.2 Å². The van der Waals surface area contributed by atoms with Gasteiger partial charge in [0, 0.05) is 26.2 Å². The highest BCUT2D eigenvalue weighted by molar-refractivity contribution is 14.0.